The first-order chi connectivity index (χ1) is 7.65. The highest BCUT2D eigenvalue weighted by Crippen LogP contribution is 2.20. The van der Waals surface area contributed by atoms with Crippen molar-refractivity contribution in [3.63, 3.8) is 0 Å². The summed E-state index contributed by atoms with van der Waals surface area (Å²) in [5.41, 5.74) is 0. The van der Waals surface area contributed by atoms with Crippen LogP contribution in [-0.2, 0) is 16.1 Å². The lowest BCUT2D eigenvalue weighted by atomic mass is 10.3. The van der Waals surface area contributed by atoms with E-state index >= 15 is 0 Å². The topological polar surface area (TPSA) is 62.7 Å². The van der Waals surface area contributed by atoms with Gasteiger partial charge in [-0.25, -0.2) is 9.78 Å². The molecule has 1 aliphatic heterocycles. The van der Waals surface area contributed by atoms with E-state index in [4.69, 9.17) is 21.4 Å². The zero-order valence-corrected chi connectivity index (χ0v) is 10.00. The van der Waals surface area contributed by atoms with Gasteiger partial charge in [-0.2, -0.15) is 0 Å². The van der Waals surface area contributed by atoms with Gasteiger partial charge in [0.05, 0.1) is 19.3 Å². The minimum atomic E-state index is -0.915. The fourth-order valence-electron chi connectivity index (χ4n) is 1.55. The summed E-state index contributed by atoms with van der Waals surface area (Å²) < 4.78 is 5.78. The highest BCUT2D eigenvalue weighted by atomic mass is 35.5. The second kappa shape index (κ2) is 5.09. The summed E-state index contributed by atoms with van der Waals surface area (Å²) in [5, 5.41) is 9.74. The van der Waals surface area contributed by atoms with Gasteiger partial charge in [0.1, 0.15) is 9.34 Å². The summed E-state index contributed by atoms with van der Waals surface area (Å²) in [4.78, 5) is 16.9. The molecule has 1 fully saturated rings. The van der Waals surface area contributed by atoms with Crippen molar-refractivity contribution in [3.8, 4) is 0 Å². The smallest absolute Gasteiger partial charge is 0.334 e. The summed E-state index contributed by atoms with van der Waals surface area (Å²) in [6.45, 7) is 2.19. The van der Waals surface area contributed by atoms with Gasteiger partial charge in [-0.1, -0.05) is 11.6 Å². The van der Waals surface area contributed by atoms with Crippen molar-refractivity contribution < 1.29 is 14.6 Å². The van der Waals surface area contributed by atoms with Crippen LogP contribution in [0.5, 0.6) is 0 Å². The third kappa shape index (κ3) is 2.91. The molecule has 0 aliphatic carbocycles. The van der Waals surface area contributed by atoms with E-state index in [1.54, 1.807) is 6.20 Å². The molecule has 7 heteroatoms. The van der Waals surface area contributed by atoms with E-state index in [-0.39, 0.29) is 0 Å². The Hall–Kier alpha value is -0.690. The van der Waals surface area contributed by atoms with Crippen LogP contribution in [0.3, 0.4) is 0 Å². The summed E-state index contributed by atoms with van der Waals surface area (Å²) in [5.74, 6) is -0.915. The molecule has 0 aromatic carbocycles. The summed E-state index contributed by atoms with van der Waals surface area (Å²) >= 11 is 7.19. The third-order valence-corrected chi connectivity index (χ3v) is 3.41. The highest BCUT2D eigenvalue weighted by Gasteiger charge is 2.26. The highest BCUT2D eigenvalue weighted by molar-refractivity contribution is 7.15. The normalized spacial score (nSPS) is 22.2. The number of thiazole rings is 1. The van der Waals surface area contributed by atoms with Crippen LogP contribution >= 0.6 is 22.9 Å². The molecule has 2 rings (SSSR count). The van der Waals surface area contributed by atoms with Gasteiger partial charge in [-0.3, -0.25) is 4.90 Å². The SMILES string of the molecule is O=C(O)C1CN(Cc2ncc(Cl)s2)CCO1. The van der Waals surface area contributed by atoms with E-state index in [9.17, 15) is 4.79 Å². The summed E-state index contributed by atoms with van der Waals surface area (Å²) in [6.07, 6.45) is 0.876. The molecule has 0 bridgehead atoms. The quantitative estimate of drug-likeness (QED) is 0.883. The van der Waals surface area contributed by atoms with Gasteiger partial charge in [0, 0.05) is 13.1 Å². The van der Waals surface area contributed by atoms with E-state index in [1.165, 1.54) is 11.3 Å². The number of hydrogen-bond donors (Lipinski definition) is 1. The molecule has 0 saturated carbocycles. The Bertz CT molecular complexity index is 385. The number of rotatable bonds is 3. The molecule has 0 amide bonds. The number of aromatic nitrogens is 1. The van der Waals surface area contributed by atoms with Crippen molar-refractivity contribution in [2.45, 2.75) is 12.6 Å². The minimum Gasteiger partial charge on any atom is -0.479 e. The van der Waals surface area contributed by atoms with E-state index in [0.29, 0.717) is 24.0 Å². The minimum absolute atomic E-state index is 0.395. The van der Waals surface area contributed by atoms with Crippen molar-refractivity contribution >= 4 is 28.9 Å². The average molecular weight is 263 g/mol. The van der Waals surface area contributed by atoms with Crippen LogP contribution in [-0.4, -0.2) is 46.8 Å². The number of ether oxygens (including phenoxy) is 1. The number of aliphatic carboxylic acids is 1. The lowest BCUT2D eigenvalue weighted by Crippen LogP contribution is -2.45. The summed E-state index contributed by atoms with van der Waals surface area (Å²) in [7, 11) is 0. The average Bonchev–Trinajstić information content (AvgIpc) is 2.64. The largest absolute Gasteiger partial charge is 0.479 e. The maximum Gasteiger partial charge on any atom is 0.334 e. The molecule has 1 aromatic rings. The molecule has 16 heavy (non-hydrogen) atoms. The predicted molar refractivity (Wildman–Crippen MR) is 59.8 cm³/mol. The second-order valence-corrected chi connectivity index (χ2v) is 5.24. The number of hydrogen-bond acceptors (Lipinski definition) is 5. The van der Waals surface area contributed by atoms with Crippen molar-refractivity contribution in [1.82, 2.24) is 9.88 Å². The maximum atomic E-state index is 10.8. The second-order valence-electron chi connectivity index (χ2n) is 3.49. The van der Waals surface area contributed by atoms with Crippen LogP contribution in [0.4, 0.5) is 0 Å². The van der Waals surface area contributed by atoms with Gasteiger partial charge in [-0.05, 0) is 0 Å². The zero-order valence-electron chi connectivity index (χ0n) is 8.43. The first-order valence-corrected chi connectivity index (χ1v) is 6.01. The first-order valence-electron chi connectivity index (χ1n) is 4.82. The molecule has 2 heterocycles. The first kappa shape index (κ1) is 11.8. The van der Waals surface area contributed by atoms with Crippen LogP contribution in [0.25, 0.3) is 0 Å². The van der Waals surface area contributed by atoms with Crippen LogP contribution in [0.2, 0.25) is 4.34 Å². The van der Waals surface area contributed by atoms with E-state index in [1.807, 2.05) is 4.90 Å². The van der Waals surface area contributed by atoms with Crippen molar-refractivity contribution in [2.75, 3.05) is 19.7 Å². The molecule has 1 unspecified atom stereocenters. The third-order valence-electron chi connectivity index (χ3n) is 2.31. The van der Waals surface area contributed by atoms with Gasteiger partial charge < -0.3 is 9.84 Å². The van der Waals surface area contributed by atoms with Gasteiger partial charge >= 0.3 is 5.97 Å². The predicted octanol–water partition coefficient (Wildman–Crippen LogP) is 1.08. The molecule has 1 N–H and O–H groups in total. The molecule has 1 aromatic heterocycles. The Morgan fingerprint density at radius 3 is 3.25 bits per heavy atom. The summed E-state index contributed by atoms with van der Waals surface area (Å²) in [6, 6.07) is 0. The lowest BCUT2D eigenvalue weighted by molar-refractivity contribution is -0.156. The van der Waals surface area contributed by atoms with E-state index in [2.05, 4.69) is 4.98 Å². The van der Waals surface area contributed by atoms with Crippen LogP contribution in [0.1, 0.15) is 5.01 Å². The Morgan fingerprint density at radius 1 is 1.81 bits per heavy atom. The van der Waals surface area contributed by atoms with Crippen LogP contribution in [0.15, 0.2) is 6.20 Å². The zero-order chi connectivity index (χ0) is 11.5. The Kier molecular flexibility index (Phi) is 3.75. The number of halogens is 1. The van der Waals surface area contributed by atoms with Gasteiger partial charge in [0.2, 0.25) is 0 Å². The van der Waals surface area contributed by atoms with Gasteiger partial charge in [0.25, 0.3) is 0 Å². The van der Waals surface area contributed by atoms with Gasteiger partial charge in [0.15, 0.2) is 6.10 Å². The number of carboxylic acids is 1. The van der Waals surface area contributed by atoms with Crippen LogP contribution in [0, 0.1) is 0 Å². The monoisotopic (exact) mass is 262 g/mol. The van der Waals surface area contributed by atoms with Crippen molar-refractivity contribution in [2.24, 2.45) is 0 Å². The van der Waals surface area contributed by atoms with Crippen molar-refractivity contribution in [3.05, 3.63) is 15.5 Å². The lowest BCUT2D eigenvalue weighted by Gasteiger charge is -2.29. The fraction of sp³-hybridized carbons (Fsp3) is 0.556. The molecule has 1 saturated heterocycles. The molecule has 0 spiro atoms. The number of morpholine rings is 1. The van der Waals surface area contributed by atoms with Crippen LogP contribution < -0.4 is 0 Å². The number of carboxylic acid groups (broad SMARTS) is 1. The Morgan fingerprint density at radius 2 is 2.62 bits per heavy atom. The number of carbonyl (C=O) groups is 1. The molecular weight excluding hydrogens is 252 g/mol. The fourth-order valence-corrected chi connectivity index (χ4v) is 2.55. The molecule has 1 aliphatic rings. The Labute approximate surface area is 102 Å². The van der Waals surface area contributed by atoms with Crippen molar-refractivity contribution in [1.29, 1.82) is 0 Å². The van der Waals surface area contributed by atoms with E-state index < -0.39 is 12.1 Å². The molecular formula is C9H11ClN2O3S. The molecule has 5 nitrogen and oxygen atoms in total. The molecule has 0 radical (unpaired) electrons. The van der Waals surface area contributed by atoms with E-state index in [0.717, 1.165) is 11.6 Å². The number of nitrogens with zero attached hydrogens (tertiary/aromatic N) is 2. The molecule has 1 atom stereocenters. The standard InChI is InChI=1S/C9H11ClN2O3S/c10-7-3-11-8(16-7)5-12-1-2-15-6(4-12)9(13)14/h3,6H,1-2,4-5H2,(H,13,14). The van der Waals surface area contributed by atoms with Gasteiger partial charge in [-0.15, -0.1) is 11.3 Å². The Balaban J connectivity index is 1.92. The maximum absolute atomic E-state index is 10.8. The molecule has 88 valence electrons.